The van der Waals surface area contributed by atoms with Gasteiger partial charge in [0.05, 0.1) is 18.7 Å². The summed E-state index contributed by atoms with van der Waals surface area (Å²) in [5.74, 6) is -1.28. The molecule has 1 atom stereocenters. The molecule has 3 N–H and O–H groups in total. The highest BCUT2D eigenvalue weighted by atomic mass is 32.2. The molecule has 2 aromatic carbocycles. The zero-order chi connectivity index (χ0) is 41.0. The standard InChI is InChI=1S/C39H46F3N11O4S/c1-50(58(2,56)57)36-33(43-14-15-44-36)24-45-35-32(39(40,41)42)23-46-38(49-35)47-28-6-8-29(9-7-28)52-16-12-30(13-17-52)53-20-18-51(19-21-53)25-26-4-3-5-27(22-26)31-10-11-34(54)48-37(31)55/h3-9,14-15,22-23,30-31H,10-13,16-21,24-25H2,1-2H3,(H,48,54,55)(H2,45,46,47,49). The monoisotopic (exact) mass is 821 g/mol. The molecule has 7 rings (SSSR count). The van der Waals surface area contributed by atoms with Gasteiger partial charge in [0.25, 0.3) is 0 Å². The molecular weight excluding hydrogens is 776 g/mol. The van der Waals surface area contributed by atoms with E-state index in [1.54, 1.807) is 0 Å². The average molecular weight is 822 g/mol. The van der Waals surface area contributed by atoms with Gasteiger partial charge in [-0.15, -0.1) is 0 Å². The van der Waals surface area contributed by atoms with E-state index >= 15 is 0 Å². The minimum Gasteiger partial charge on any atom is -0.371 e. The number of amides is 2. The first-order valence-corrected chi connectivity index (χ1v) is 21.0. The topological polar surface area (TPSA) is 169 Å². The van der Waals surface area contributed by atoms with Crippen LogP contribution in [0, 0.1) is 0 Å². The van der Waals surface area contributed by atoms with Crippen LogP contribution in [0.1, 0.15) is 54.0 Å². The number of rotatable bonds is 12. The second kappa shape index (κ2) is 17.2. The molecule has 4 aromatic rings. The predicted octanol–water partition coefficient (Wildman–Crippen LogP) is 4.34. The quantitative estimate of drug-likeness (QED) is 0.173. The molecule has 19 heteroatoms. The average Bonchev–Trinajstić information content (AvgIpc) is 3.20. The van der Waals surface area contributed by atoms with Crippen molar-refractivity contribution in [3.05, 3.63) is 89.5 Å². The summed E-state index contributed by atoms with van der Waals surface area (Å²) in [6.45, 7) is 6.23. The van der Waals surface area contributed by atoms with Crippen LogP contribution in [0.5, 0.6) is 0 Å². The van der Waals surface area contributed by atoms with Gasteiger partial charge >= 0.3 is 6.18 Å². The SMILES string of the molecule is CN(c1nccnc1CNc1nc(Nc2ccc(N3CCC(N4CCN(Cc5cccc(C6CCC(=O)NC6=O)c5)CC4)CC3)cc2)ncc1C(F)(F)F)S(C)(=O)=O. The van der Waals surface area contributed by atoms with Gasteiger partial charge in [-0.1, -0.05) is 24.3 Å². The molecule has 3 aliphatic rings. The molecule has 1 unspecified atom stereocenters. The van der Waals surface area contributed by atoms with Crippen molar-refractivity contribution in [1.29, 1.82) is 0 Å². The molecule has 5 heterocycles. The first-order valence-electron chi connectivity index (χ1n) is 19.1. The van der Waals surface area contributed by atoms with Gasteiger partial charge in [-0.05, 0) is 54.7 Å². The molecule has 0 bridgehead atoms. The molecule has 15 nitrogen and oxygen atoms in total. The number of nitrogens with one attached hydrogen (secondary N) is 3. The lowest BCUT2D eigenvalue weighted by Gasteiger charge is -2.43. The number of carbonyl (C=O) groups is 2. The number of halogens is 3. The number of piperazine rings is 1. The molecule has 58 heavy (non-hydrogen) atoms. The van der Waals surface area contributed by atoms with Crippen LogP contribution in [0.15, 0.2) is 67.1 Å². The maximum absolute atomic E-state index is 13.9. The van der Waals surface area contributed by atoms with Gasteiger partial charge in [-0.3, -0.25) is 34.0 Å². The fraction of sp³-hybridized carbons (Fsp3) is 0.436. The van der Waals surface area contributed by atoms with Gasteiger partial charge in [0.1, 0.15) is 17.1 Å². The minimum atomic E-state index is -4.76. The highest BCUT2D eigenvalue weighted by Gasteiger charge is 2.36. The summed E-state index contributed by atoms with van der Waals surface area (Å²) in [6, 6.07) is 16.3. The number of sulfonamides is 1. The Morgan fingerprint density at radius 3 is 2.34 bits per heavy atom. The molecule has 3 fully saturated rings. The maximum Gasteiger partial charge on any atom is 0.421 e. The lowest BCUT2D eigenvalue weighted by molar-refractivity contribution is -0.137. The maximum atomic E-state index is 13.9. The number of alkyl halides is 3. The van der Waals surface area contributed by atoms with E-state index in [4.69, 9.17) is 0 Å². The molecule has 3 aliphatic heterocycles. The molecule has 3 saturated heterocycles. The summed E-state index contributed by atoms with van der Waals surface area (Å²) in [5.41, 5.74) is 2.80. The molecular formula is C39H46F3N11O4S. The molecule has 0 radical (unpaired) electrons. The lowest BCUT2D eigenvalue weighted by atomic mass is 9.89. The van der Waals surface area contributed by atoms with Crippen LogP contribution < -0.4 is 25.2 Å². The van der Waals surface area contributed by atoms with E-state index in [9.17, 15) is 31.2 Å². The van der Waals surface area contributed by atoms with Gasteiger partial charge in [0.2, 0.25) is 27.8 Å². The van der Waals surface area contributed by atoms with E-state index in [-0.39, 0.29) is 41.7 Å². The Hall–Kier alpha value is -5.40. The van der Waals surface area contributed by atoms with Crippen molar-refractivity contribution in [3.8, 4) is 0 Å². The van der Waals surface area contributed by atoms with E-state index in [1.165, 1.54) is 25.0 Å². The van der Waals surface area contributed by atoms with E-state index < -0.39 is 27.6 Å². The Morgan fingerprint density at radius 1 is 0.931 bits per heavy atom. The summed E-state index contributed by atoms with van der Waals surface area (Å²) >= 11 is 0. The fourth-order valence-corrected chi connectivity index (χ4v) is 8.16. The third-order valence-electron chi connectivity index (χ3n) is 10.9. The molecule has 0 aliphatic carbocycles. The number of carbonyl (C=O) groups excluding carboxylic acids is 2. The summed E-state index contributed by atoms with van der Waals surface area (Å²) in [4.78, 5) is 47.6. The number of anilines is 5. The molecule has 2 aromatic heterocycles. The summed E-state index contributed by atoms with van der Waals surface area (Å²) in [6.07, 6.45) is 2.51. The fourth-order valence-electron chi connectivity index (χ4n) is 7.69. The Balaban J connectivity index is 0.901. The van der Waals surface area contributed by atoms with Crippen LogP contribution in [0.25, 0.3) is 0 Å². The van der Waals surface area contributed by atoms with Crippen LogP contribution in [0.3, 0.4) is 0 Å². The van der Waals surface area contributed by atoms with Gasteiger partial charge in [-0.25, -0.2) is 18.4 Å². The van der Waals surface area contributed by atoms with Crippen molar-refractivity contribution < 1.29 is 31.2 Å². The zero-order valence-electron chi connectivity index (χ0n) is 32.2. The first kappa shape index (κ1) is 40.8. The molecule has 308 valence electrons. The van der Waals surface area contributed by atoms with E-state index in [2.05, 4.69) is 62.7 Å². The van der Waals surface area contributed by atoms with Gasteiger partial charge in [-0.2, -0.15) is 18.2 Å². The van der Waals surface area contributed by atoms with Gasteiger partial charge in [0.15, 0.2) is 5.82 Å². The number of imide groups is 1. The van der Waals surface area contributed by atoms with Crippen LogP contribution in [-0.2, 0) is 38.9 Å². The summed E-state index contributed by atoms with van der Waals surface area (Å²) in [7, 11) is -2.42. The van der Waals surface area contributed by atoms with E-state index in [0.29, 0.717) is 30.8 Å². The van der Waals surface area contributed by atoms with Crippen molar-refractivity contribution in [2.75, 3.05) is 72.4 Å². The molecule has 0 saturated carbocycles. The van der Waals surface area contributed by atoms with Gasteiger partial charge < -0.3 is 15.5 Å². The van der Waals surface area contributed by atoms with Crippen LogP contribution >= 0.6 is 0 Å². The largest absolute Gasteiger partial charge is 0.421 e. The minimum absolute atomic E-state index is 0.0223. The van der Waals surface area contributed by atoms with Gasteiger partial charge in [0, 0.05) is 95.3 Å². The normalized spacial score (nSPS) is 18.8. The van der Waals surface area contributed by atoms with Crippen molar-refractivity contribution in [3.63, 3.8) is 0 Å². The number of hydrogen-bond donors (Lipinski definition) is 3. The second-order valence-corrected chi connectivity index (χ2v) is 16.8. The van der Waals surface area contributed by atoms with E-state index in [1.807, 2.05) is 36.4 Å². The van der Waals surface area contributed by atoms with Crippen molar-refractivity contribution in [2.24, 2.45) is 0 Å². The third-order valence-corrected chi connectivity index (χ3v) is 12.1. The highest BCUT2D eigenvalue weighted by Crippen LogP contribution is 2.35. The number of nitrogens with zero attached hydrogens (tertiary/aromatic N) is 8. The Labute approximate surface area is 335 Å². The number of benzene rings is 2. The van der Waals surface area contributed by atoms with Crippen LogP contribution in [0.4, 0.5) is 42.1 Å². The smallest absolute Gasteiger partial charge is 0.371 e. The second-order valence-electron chi connectivity index (χ2n) is 14.8. The van der Waals surface area contributed by atoms with Crippen molar-refractivity contribution in [2.45, 2.75) is 56.9 Å². The lowest BCUT2D eigenvalue weighted by Crippen LogP contribution is -2.53. The summed E-state index contributed by atoms with van der Waals surface area (Å²) < 4.78 is 66.9. The van der Waals surface area contributed by atoms with Crippen LogP contribution in [0.2, 0.25) is 0 Å². The first-order chi connectivity index (χ1) is 27.7. The number of hydrogen-bond acceptors (Lipinski definition) is 13. The van der Waals surface area contributed by atoms with Crippen molar-refractivity contribution >= 4 is 50.8 Å². The van der Waals surface area contributed by atoms with Crippen molar-refractivity contribution in [1.82, 2.24) is 35.1 Å². The molecule has 0 spiro atoms. The van der Waals surface area contributed by atoms with E-state index in [0.717, 1.165) is 80.5 Å². The summed E-state index contributed by atoms with van der Waals surface area (Å²) in [5, 5.41) is 8.10. The van der Waals surface area contributed by atoms with Crippen LogP contribution in [-0.4, -0.2) is 109 Å². The highest BCUT2D eigenvalue weighted by molar-refractivity contribution is 7.92. The Bertz CT molecular complexity index is 2210. The zero-order valence-corrected chi connectivity index (χ0v) is 33.1. The third kappa shape index (κ3) is 9.82. The molecule has 2 amide bonds. The number of piperidine rings is 2. The number of aromatic nitrogens is 4. The predicted molar refractivity (Wildman–Crippen MR) is 213 cm³/mol. The Morgan fingerprint density at radius 2 is 1.66 bits per heavy atom. The Kier molecular flexibility index (Phi) is 12.1.